The molecule has 0 bridgehead atoms. The lowest BCUT2D eigenvalue weighted by Gasteiger charge is -2.25. The van der Waals surface area contributed by atoms with Gasteiger partial charge in [-0.1, -0.05) is 29.4 Å². The molecule has 1 aliphatic heterocycles. The quantitative estimate of drug-likeness (QED) is 0.472. The standard InChI is InChI=1S/C20H18N4O5S/c1-12-21-18(24-29-12)11-30-17-9-5-2-6-13(17)19(25)22-23-20(26)16-10-27-14-7-3-4-8-15(14)28-16/h2-9,16H,10-11H2,1H3,(H,22,25)(H,23,26). The van der Waals surface area contributed by atoms with Gasteiger partial charge in [0, 0.05) is 11.8 Å². The maximum atomic E-state index is 12.6. The average molecular weight is 426 g/mol. The van der Waals surface area contributed by atoms with Crippen LogP contribution >= 0.6 is 11.8 Å². The second-order valence-electron chi connectivity index (χ2n) is 6.32. The van der Waals surface area contributed by atoms with Crippen LogP contribution in [0.25, 0.3) is 0 Å². The number of nitrogens with zero attached hydrogens (tertiary/aromatic N) is 2. The minimum atomic E-state index is -0.869. The van der Waals surface area contributed by atoms with Crippen molar-refractivity contribution in [1.29, 1.82) is 0 Å². The fourth-order valence-electron chi connectivity index (χ4n) is 2.74. The first-order valence-corrected chi connectivity index (χ1v) is 10.1. The highest BCUT2D eigenvalue weighted by Gasteiger charge is 2.27. The van der Waals surface area contributed by atoms with Gasteiger partial charge in [0.1, 0.15) is 6.61 Å². The largest absolute Gasteiger partial charge is 0.485 e. The molecule has 0 fully saturated rings. The van der Waals surface area contributed by atoms with Gasteiger partial charge in [0.25, 0.3) is 11.8 Å². The van der Waals surface area contributed by atoms with E-state index in [-0.39, 0.29) is 6.61 Å². The number of aryl methyl sites for hydroxylation is 1. The van der Waals surface area contributed by atoms with E-state index in [1.165, 1.54) is 11.8 Å². The summed E-state index contributed by atoms with van der Waals surface area (Å²) < 4.78 is 16.1. The normalized spacial score (nSPS) is 14.8. The number of thioether (sulfide) groups is 1. The molecule has 30 heavy (non-hydrogen) atoms. The van der Waals surface area contributed by atoms with Crippen LogP contribution in [0, 0.1) is 6.92 Å². The third-order valence-electron chi connectivity index (χ3n) is 4.16. The summed E-state index contributed by atoms with van der Waals surface area (Å²) in [5.74, 6) is 1.56. The number of carbonyl (C=O) groups is 2. The van der Waals surface area contributed by atoms with Crippen molar-refractivity contribution in [2.75, 3.05) is 6.61 Å². The summed E-state index contributed by atoms with van der Waals surface area (Å²) in [5.41, 5.74) is 5.23. The lowest BCUT2D eigenvalue weighted by atomic mass is 10.2. The Bertz CT molecular complexity index is 1070. The molecule has 2 N–H and O–H groups in total. The van der Waals surface area contributed by atoms with Crippen molar-refractivity contribution in [3.8, 4) is 11.5 Å². The number of aromatic nitrogens is 2. The van der Waals surface area contributed by atoms with Crippen LogP contribution in [0.2, 0.25) is 0 Å². The van der Waals surface area contributed by atoms with Crippen LogP contribution in [0.1, 0.15) is 22.1 Å². The molecular formula is C20H18N4O5S. The summed E-state index contributed by atoms with van der Waals surface area (Å²) in [6.07, 6.45) is -0.869. The van der Waals surface area contributed by atoms with E-state index in [1.807, 2.05) is 18.2 Å². The van der Waals surface area contributed by atoms with E-state index in [9.17, 15) is 9.59 Å². The van der Waals surface area contributed by atoms with Crippen molar-refractivity contribution in [2.45, 2.75) is 23.7 Å². The molecule has 0 aliphatic carbocycles. The van der Waals surface area contributed by atoms with E-state index < -0.39 is 17.9 Å². The number of para-hydroxylation sites is 2. The summed E-state index contributed by atoms with van der Waals surface area (Å²) in [6.45, 7) is 1.76. The summed E-state index contributed by atoms with van der Waals surface area (Å²) >= 11 is 1.39. The van der Waals surface area contributed by atoms with E-state index in [4.69, 9.17) is 14.0 Å². The molecule has 2 amide bonds. The van der Waals surface area contributed by atoms with Gasteiger partial charge in [-0.25, -0.2) is 0 Å². The van der Waals surface area contributed by atoms with E-state index >= 15 is 0 Å². The van der Waals surface area contributed by atoms with Crippen molar-refractivity contribution < 1.29 is 23.6 Å². The highest BCUT2D eigenvalue weighted by molar-refractivity contribution is 7.98. The first-order valence-electron chi connectivity index (χ1n) is 9.10. The molecule has 4 rings (SSSR count). The monoisotopic (exact) mass is 426 g/mol. The maximum absolute atomic E-state index is 12.6. The lowest BCUT2D eigenvalue weighted by molar-refractivity contribution is -0.131. The Morgan fingerprint density at radius 3 is 2.67 bits per heavy atom. The number of hydrogen-bond donors (Lipinski definition) is 2. The molecule has 1 atom stereocenters. The summed E-state index contributed by atoms with van der Waals surface area (Å²) in [6, 6.07) is 14.1. The number of ether oxygens (including phenoxy) is 2. The Labute approximate surface area is 176 Å². The molecule has 2 aromatic carbocycles. The number of benzene rings is 2. The first-order chi connectivity index (χ1) is 14.6. The highest BCUT2D eigenvalue weighted by atomic mass is 32.2. The van der Waals surface area contributed by atoms with Crippen LogP contribution in [-0.4, -0.2) is 34.7 Å². The smallest absolute Gasteiger partial charge is 0.283 e. The van der Waals surface area contributed by atoms with Gasteiger partial charge < -0.3 is 14.0 Å². The Kier molecular flexibility index (Phi) is 5.84. The molecular weight excluding hydrogens is 408 g/mol. The van der Waals surface area contributed by atoms with E-state index in [2.05, 4.69) is 21.0 Å². The summed E-state index contributed by atoms with van der Waals surface area (Å²) in [5, 5.41) is 3.84. The fourth-order valence-corrected chi connectivity index (χ4v) is 3.63. The second kappa shape index (κ2) is 8.87. The van der Waals surface area contributed by atoms with Crippen LogP contribution in [0.4, 0.5) is 0 Å². The summed E-state index contributed by atoms with van der Waals surface area (Å²) in [4.78, 5) is 29.9. The molecule has 154 valence electrons. The molecule has 1 unspecified atom stereocenters. The van der Waals surface area contributed by atoms with Gasteiger partial charge in [0.15, 0.2) is 17.3 Å². The zero-order chi connectivity index (χ0) is 20.9. The van der Waals surface area contributed by atoms with Crippen molar-refractivity contribution in [1.82, 2.24) is 21.0 Å². The minimum Gasteiger partial charge on any atom is -0.485 e. The topological polar surface area (TPSA) is 116 Å². The van der Waals surface area contributed by atoms with Gasteiger partial charge in [-0.3, -0.25) is 20.4 Å². The number of hydrogen-bond acceptors (Lipinski definition) is 8. The van der Waals surface area contributed by atoms with Crippen molar-refractivity contribution in [2.24, 2.45) is 0 Å². The molecule has 9 nitrogen and oxygen atoms in total. The fraction of sp³-hybridized carbons (Fsp3) is 0.200. The average Bonchev–Trinajstić information content (AvgIpc) is 3.20. The van der Waals surface area contributed by atoms with Crippen molar-refractivity contribution in [3.63, 3.8) is 0 Å². The van der Waals surface area contributed by atoms with Gasteiger partial charge in [-0.15, -0.1) is 11.8 Å². The van der Waals surface area contributed by atoms with Crippen LogP contribution in [0.3, 0.4) is 0 Å². The number of nitrogens with one attached hydrogen (secondary N) is 2. The van der Waals surface area contributed by atoms with E-state index in [1.54, 1.807) is 37.3 Å². The predicted octanol–water partition coefficient (Wildman–Crippen LogP) is 2.27. The minimum absolute atomic E-state index is 0.0509. The highest BCUT2D eigenvalue weighted by Crippen LogP contribution is 2.30. The van der Waals surface area contributed by atoms with E-state index in [0.717, 1.165) is 4.90 Å². The molecule has 0 saturated heterocycles. The Morgan fingerprint density at radius 1 is 1.10 bits per heavy atom. The third kappa shape index (κ3) is 4.54. The Morgan fingerprint density at radius 2 is 1.87 bits per heavy atom. The third-order valence-corrected chi connectivity index (χ3v) is 5.23. The second-order valence-corrected chi connectivity index (χ2v) is 7.34. The zero-order valence-electron chi connectivity index (χ0n) is 16.0. The van der Waals surface area contributed by atoms with Crippen LogP contribution in [0.15, 0.2) is 57.9 Å². The molecule has 0 spiro atoms. The zero-order valence-corrected chi connectivity index (χ0v) is 16.8. The molecule has 0 saturated carbocycles. The molecule has 1 aliphatic rings. The number of rotatable bonds is 5. The van der Waals surface area contributed by atoms with Gasteiger partial charge in [0.05, 0.1) is 11.3 Å². The number of fused-ring (bicyclic) bond motifs is 1. The van der Waals surface area contributed by atoms with Crippen LogP contribution in [-0.2, 0) is 10.5 Å². The number of hydrazine groups is 1. The van der Waals surface area contributed by atoms with Gasteiger partial charge in [-0.05, 0) is 24.3 Å². The summed E-state index contributed by atoms with van der Waals surface area (Å²) in [7, 11) is 0. The number of carbonyl (C=O) groups excluding carboxylic acids is 2. The van der Waals surface area contributed by atoms with Crippen molar-refractivity contribution >= 4 is 23.6 Å². The SMILES string of the molecule is Cc1nc(CSc2ccccc2C(=O)NNC(=O)C2COc3ccccc3O2)no1. The van der Waals surface area contributed by atoms with Crippen LogP contribution in [0.5, 0.6) is 11.5 Å². The van der Waals surface area contributed by atoms with Crippen LogP contribution < -0.4 is 20.3 Å². The Balaban J connectivity index is 1.34. The Hall–Kier alpha value is -3.53. The molecule has 0 radical (unpaired) electrons. The van der Waals surface area contributed by atoms with Crippen molar-refractivity contribution in [3.05, 3.63) is 65.8 Å². The van der Waals surface area contributed by atoms with Gasteiger partial charge in [0.2, 0.25) is 12.0 Å². The molecule has 2 heterocycles. The maximum Gasteiger partial charge on any atom is 0.283 e. The predicted molar refractivity (Wildman–Crippen MR) is 107 cm³/mol. The number of amides is 2. The van der Waals surface area contributed by atoms with Gasteiger partial charge in [-0.2, -0.15) is 4.98 Å². The molecule has 10 heteroatoms. The molecule has 1 aromatic heterocycles. The molecule has 3 aromatic rings. The first kappa shape index (κ1) is 19.8. The van der Waals surface area contributed by atoms with E-state index in [0.29, 0.717) is 34.5 Å². The van der Waals surface area contributed by atoms with Gasteiger partial charge >= 0.3 is 0 Å². The lowest BCUT2D eigenvalue weighted by Crippen LogP contribution is -2.50.